The van der Waals surface area contributed by atoms with Crippen molar-refractivity contribution in [1.29, 1.82) is 5.26 Å². The van der Waals surface area contributed by atoms with E-state index in [0.717, 1.165) is 26.7 Å². The molecule has 2 amide bonds. The number of amides is 2. The van der Waals surface area contributed by atoms with Crippen molar-refractivity contribution in [3.8, 4) is 6.07 Å². The van der Waals surface area contributed by atoms with E-state index in [4.69, 9.17) is 17.0 Å². The van der Waals surface area contributed by atoms with Crippen LogP contribution < -0.4 is 16.0 Å². The number of nitrogens with one attached hydrogen (secondary N) is 3. The van der Waals surface area contributed by atoms with E-state index in [1.54, 1.807) is 29.2 Å². The first-order valence-electron chi connectivity index (χ1n) is 13.2. The summed E-state index contributed by atoms with van der Waals surface area (Å²) in [6.45, 7) is 7.78. The zero-order chi connectivity index (χ0) is 30.4. The highest BCUT2D eigenvalue weighted by molar-refractivity contribution is 8.00. The van der Waals surface area contributed by atoms with Crippen molar-refractivity contribution in [2.75, 3.05) is 28.2 Å². The molecule has 0 radical (unpaired) electrons. The van der Waals surface area contributed by atoms with Gasteiger partial charge in [-0.05, 0) is 94.4 Å². The number of anilines is 3. The van der Waals surface area contributed by atoms with Crippen LogP contribution >= 0.6 is 35.3 Å². The average Bonchev–Trinajstić information content (AvgIpc) is 3.27. The molecule has 3 aromatic rings. The average molecular weight is 622 g/mol. The zero-order valence-electron chi connectivity index (χ0n) is 23.7. The number of ketones is 1. The number of Topliss-reactive ketones (excluding diaryl/α,β-unsaturated/α-hetero) is 1. The number of nitriles is 1. The number of carbonyl (C=O) groups excluding carboxylic acids is 3. The highest BCUT2D eigenvalue weighted by atomic mass is 32.2. The zero-order valence-corrected chi connectivity index (χ0v) is 26.1. The van der Waals surface area contributed by atoms with Crippen molar-refractivity contribution in [3.63, 3.8) is 0 Å². The summed E-state index contributed by atoms with van der Waals surface area (Å²) in [6, 6.07) is 16.8. The largest absolute Gasteiger partial charge is 0.444 e. The molecule has 12 heteroatoms. The lowest BCUT2D eigenvalue weighted by atomic mass is 10.0. The van der Waals surface area contributed by atoms with Gasteiger partial charge in [-0.2, -0.15) is 5.26 Å². The first kappa shape index (κ1) is 31.0. The van der Waals surface area contributed by atoms with Crippen LogP contribution in [0.5, 0.6) is 0 Å². The maximum atomic E-state index is 12.8. The second-order valence-corrected chi connectivity index (χ2v) is 13.1. The number of ether oxygens (including phenoxy) is 1. The SMILES string of the molecule is CC(=O)c1ccc(NC(=S)Nc2cccc(SCC(=O)Nc3sc4c(c3C#N)CCN(C(=O)OC(C)(C)C)C4)c2)cc1. The normalized spacial score (nSPS) is 12.5. The molecule has 3 N–H and O–H groups in total. The summed E-state index contributed by atoms with van der Waals surface area (Å²) in [6.07, 6.45) is 0.136. The molecule has 1 aromatic heterocycles. The molecule has 0 atom stereocenters. The first-order valence-corrected chi connectivity index (χ1v) is 15.4. The van der Waals surface area contributed by atoms with Gasteiger partial charge in [0.05, 0.1) is 17.9 Å². The highest BCUT2D eigenvalue weighted by Crippen LogP contribution is 2.37. The van der Waals surface area contributed by atoms with E-state index in [9.17, 15) is 19.6 Å². The molecule has 1 aliphatic heterocycles. The summed E-state index contributed by atoms with van der Waals surface area (Å²) < 4.78 is 5.49. The molecule has 42 heavy (non-hydrogen) atoms. The Labute approximate surface area is 258 Å². The second-order valence-electron chi connectivity index (χ2n) is 10.5. The summed E-state index contributed by atoms with van der Waals surface area (Å²) in [5.74, 6) is -0.0906. The van der Waals surface area contributed by atoms with Gasteiger partial charge in [0.1, 0.15) is 16.7 Å². The summed E-state index contributed by atoms with van der Waals surface area (Å²) in [7, 11) is 0. The minimum atomic E-state index is -0.593. The highest BCUT2D eigenvalue weighted by Gasteiger charge is 2.30. The van der Waals surface area contributed by atoms with Crippen LogP contribution in [0, 0.1) is 11.3 Å². The summed E-state index contributed by atoms with van der Waals surface area (Å²) in [4.78, 5) is 40.2. The fourth-order valence-corrected chi connectivity index (χ4v) is 6.37. The number of fused-ring (bicyclic) bond motifs is 1. The number of thiocarbonyl (C=S) groups is 1. The van der Waals surface area contributed by atoms with Gasteiger partial charge in [0.2, 0.25) is 5.91 Å². The van der Waals surface area contributed by atoms with E-state index in [1.165, 1.54) is 30.0 Å². The van der Waals surface area contributed by atoms with E-state index < -0.39 is 11.7 Å². The summed E-state index contributed by atoms with van der Waals surface area (Å²) >= 11 is 8.10. The third-order valence-electron chi connectivity index (χ3n) is 6.08. The molecule has 0 saturated heterocycles. The van der Waals surface area contributed by atoms with Crippen LogP contribution in [-0.4, -0.2) is 45.7 Å². The quantitative estimate of drug-likeness (QED) is 0.151. The molecule has 0 bridgehead atoms. The van der Waals surface area contributed by atoms with Crippen LogP contribution in [0.3, 0.4) is 0 Å². The molecule has 0 spiro atoms. The maximum Gasteiger partial charge on any atom is 0.410 e. The van der Waals surface area contributed by atoms with Gasteiger partial charge in [0.25, 0.3) is 0 Å². The van der Waals surface area contributed by atoms with Crippen molar-refractivity contribution in [2.45, 2.75) is 51.2 Å². The molecule has 2 heterocycles. The number of carbonyl (C=O) groups is 3. The van der Waals surface area contributed by atoms with Gasteiger partial charge in [0.15, 0.2) is 10.9 Å². The number of benzene rings is 2. The van der Waals surface area contributed by atoms with Crippen LogP contribution in [0.25, 0.3) is 0 Å². The number of thiophene rings is 1. The van der Waals surface area contributed by atoms with Gasteiger partial charge in [-0.15, -0.1) is 23.1 Å². The fraction of sp³-hybridized carbons (Fsp3) is 0.300. The molecule has 9 nitrogen and oxygen atoms in total. The van der Waals surface area contributed by atoms with Crippen LogP contribution in [0.2, 0.25) is 0 Å². The summed E-state index contributed by atoms with van der Waals surface area (Å²) in [5.41, 5.74) is 2.88. The molecule has 0 aliphatic carbocycles. The molecular weight excluding hydrogens is 591 g/mol. The third kappa shape index (κ3) is 8.31. The maximum absolute atomic E-state index is 12.8. The second kappa shape index (κ2) is 13.4. The van der Waals surface area contributed by atoms with Crippen molar-refractivity contribution in [3.05, 3.63) is 70.1 Å². The van der Waals surface area contributed by atoms with Crippen molar-refractivity contribution in [1.82, 2.24) is 4.90 Å². The number of thioether (sulfide) groups is 1. The Morgan fingerprint density at radius 3 is 2.48 bits per heavy atom. The molecule has 0 fully saturated rings. The topological polar surface area (TPSA) is 124 Å². The molecule has 4 rings (SSSR count). The van der Waals surface area contributed by atoms with Crippen molar-refractivity contribution < 1.29 is 19.1 Å². The van der Waals surface area contributed by atoms with E-state index in [0.29, 0.717) is 40.8 Å². The Kier molecular flexibility index (Phi) is 9.88. The van der Waals surface area contributed by atoms with E-state index in [2.05, 4.69) is 22.0 Å². The minimum absolute atomic E-state index is 0.00288. The van der Waals surface area contributed by atoms with Crippen LogP contribution in [-0.2, 0) is 22.5 Å². The van der Waals surface area contributed by atoms with Crippen LogP contribution in [0.15, 0.2) is 53.4 Å². The minimum Gasteiger partial charge on any atom is -0.444 e. The molecule has 0 saturated carbocycles. The van der Waals surface area contributed by atoms with Gasteiger partial charge in [-0.3, -0.25) is 9.59 Å². The Hall–Kier alpha value is -3.92. The van der Waals surface area contributed by atoms with Gasteiger partial charge >= 0.3 is 6.09 Å². The molecule has 218 valence electrons. The Balaban J connectivity index is 1.32. The lowest BCUT2D eigenvalue weighted by molar-refractivity contribution is -0.113. The predicted octanol–water partition coefficient (Wildman–Crippen LogP) is 6.66. The Morgan fingerprint density at radius 1 is 1.10 bits per heavy atom. The van der Waals surface area contributed by atoms with E-state index >= 15 is 0 Å². The fourth-order valence-electron chi connectivity index (χ4n) is 4.15. The molecular formula is C30H31N5O4S3. The number of rotatable bonds is 7. The molecule has 0 unspecified atom stereocenters. The number of hydrogen-bond acceptors (Lipinski definition) is 8. The smallest absolute Gasteiger partial charge is 0.410 e. The van der Waals surface area contributed by atoms with Crippen LogP contribution in [0.4, 0.5) is 21.2 Å². The third-order valence-corrected chi connectivity index (χ3v) is 8.41. The lowest BCUT2D eigenvalue weighted by Crippen LogP contribution is -2.39. The Bertz CT molecular complexity index is 1550. The standard InChI is InChI=1S/C30H31N5O4S3/c1-18(36)19-8-10-20(11-9-19)32-28(40)33-21-6-5-7-22(14-21)41-17-26(37)34-27-24(15-31)23-12-13-35(16-25(23)42-27)29(38)39-30(2,3)4/h5-11,14H,12-13,16-17H2,1-4H3,(H,34,37)(H2,32,33,40). The molecule has 2 aromatic carbocycles. The molecule has 1 aliphatic rings. The van der Waals surface area contributed by atoms with Crippen molar-refractivity contribution in [2.24, 2.45) is 0 Å². The van der Waals surface area contributed by atoms with Gasteiger partial charge in [0, 0.05) is 33.3 Å². The van der Waals surface area contributed by atoms with Crippen molar-refractivity contribution >= 4 is 74.6 Å². The van der Waals surface area contributed by atoms with Gasteiger partial charge in [-0.1, -0.05) is 6.07 Å². The van der Waals surface area contributed by atoms with Gasteiger partial charge in [-0.25, -0.2) is 4.79 Å². The monoisotopic (exact) mass is 621 g/mol. The lowest BCUT2D eigenvalue weighted by Gasteiger charge is -2.29. The number of nitrogens with zero attached hydrogens (tertiary/aromatic N) is 2. The van der Waals surface area contributed by atoms with E-state index in [-0.39, 0.29) is 17.4 Å². The number of hydrogen-bond donors (Lipinski definition) is 3. The summed E-state index contributed by atoms with van der Waals surface area (Å²) in [5, 5.41) is 19.8. The predicted molar refractivity (Wildman–Crippen MR) is 171 cm³/mol. The van der Waals surface area contributed by atoms with Crippen LogP contribution in [0.1, 0.15) is 54.1 Å². The van der Waals surface area contributed by atoms with E-state index in [1.807, 2.05) is 45.0 Å². The van der Waals surface area contributed by atoms with Gasteiger partial charge < -0.3 is 25.6 Å². The Morgan fingerprint density at radius 2 is 1.81 bits per heavy atom. The first-order chi connectivity index (χ1) is 19.9.